The topological polar surface area (TPSA) is 108 Å². The summed E-state index contributed by atoms with van der Waals surface area (Å²) in [5, 5.41) is 5.65. The van der Waals surface area contributed by atoms with Crippen LogP contribution in [0.3, 0.4) is 0 Å². The smallest absolute Gasteiger partial charge is 0.312 e. The molecule has 1 atom stereocenters. The molecule has 0 spiro atoms. The zero-order chi connectivity index (χ0) is 15.2. The Kier molecular flexibility index (Phi) is 6.54. The van der Waals surface area contributed by atoms with Crippen molar-refractivity contribution < 1.29 is 9.59 Å². The van der Waals surface area contributed by atoms with Crippen LogP contribution in [-0.4, -0.2) is 28.6 Å². The molecule has 0 aromatic carbocycles. The van der Waals surface area contributed by atoms with Crippen LogP contribution in [0.15, 0.2) is 0 Å². The van der Waals surface area contributed by atoms with Crippen LogP contribution in [-0.2, 0) is 4.79 Å². The van der Waals surface area contributed by atoms with Gasteiger partial charge in [0, 0.05) is 5.54 Å². The summed E-state index contributed by atoms with van der Waals surface area (Å²) in [5.41, 5.74) is 9.81. The number of amides is 3. The molecule has 0 heterocycles. The van der Waals surface area contributed by atoms with Gasteiger partial charge >= 0.3 is 6.03 Å². The van der Waals surface area contributed by atoms with Gasteiger partial charge < -0.3 is 16.4 Å². The molecule has 0 aromatic rings. The Balaban J connectivity index is 4.34. The first-order valence-electron chi connectivity index (χ1n) is 5.97. The normalized spacial score (nSPS) is 12.5. The molecule has 7 nitrogen and oxygen atoms in total. The second-order valence-electron chi connectivity index (χ2n) is 5.55. The van der Waals surface area contributed by atoms with Crippen molar-refractivity contribution in [3.05, 3.63) is 0 Å². The first kappa shape index (κ1) is 17.4. The molecule has 110 valence electrons. The van der Waals surface area contributed by atoms with Crippen LogP contribution in [0.2, 0.25) is 0 Å². The quantitative estimate of drug-likeness (QED) is 0.370. The lowest BCUT2D eigenvalue weighted by Crippen LogP contribution is -2.58. The number of hydrogen-bond donors (Lipinski definition) is 5. The number of hydrogen-bond acceptors (Lipinski definition) is 3. The molecule has 6 N–H and O–H groups in total. The van der Waals surface area contributed by atoms with E-state index >= 15 is 0 Å². The molecule has 0 aromatic heterocycles. The van der Waals surface area contributed by atoms with Gasteiger partial charge in [-0.15, -0.1) is 0 Å². The summed E-state index contributed by atoms with van der Waals surface area (Å²) < 4.78 is 0. The molecule has 3 amide bonds. The predicted molar refractivity (Wildman–Crippen MR) is 78.1 cm³/mol. The molecular formula is C11H23N5O2S. The second kappa shape index (κ2) is 7.13. The van der Waals surface area contributed by atoms with E-state index in [1.165, 1.54) is 0 Å². The van der Waals surface area contributed by atoms with Crippen molar-refractivity contribution in [3.63, 3.8) is 0 Å². The van der Waals surface area contributed by atoms with Gasteiger partial charge in [-0.25, -0.2) is 4.79 Å². The third-order valence-corrected chi connectivity index (χ3v) is 2.24. The second-order valence-corrected chi connectivity index (χ2v) is 5.96. The van der Waals surface area contributed by atoms with Crippen LogP contribution in [0.4, 0.5) is 4.79 Å². The average molecular weight is 289 g/mol. The van der Waals surface area contributed by atoms with Gasteiger partial charge in [-0.05, 0) is 38.9 Å². The first-order valence-corrected chi connectivity index (χ1v) is 6.37. The number of thiocarbonyl (C=S) groups is 1. The summed E-state index contributed by atoms with van der Waals surface area (Å²) in [4.78, 5) is 22.7. The van der Waals surface area contributed by atoms with Crippen LogP contribution >= 0.6 is 12.2 Å². The number of carbonyl (C=O) groups is 2. The highest BCUT2D eigenvalue weighted by atomic mass is 32.1. The first-order chi connectivity index (χ1) is 8.53. The number of carbonyl (C=O) groups excluding carboxylic acids is 2. The summed E-state index contributed by atoms with van der Waals surface area (Å²) in [6.45, 7) is 9.41. The molecule has 0 fully saturated rings. The minimum atomic E-state index is -0.746. The molecule has 19 heavy (non-hydrogen) atoms. The van der Waals surface area contributed by atoms with E-state index in [1.54, 1.807) is 13.8 Å². The Morgan fingerprint density at radius 2 is 1.68 bits per heavy atom. The van der Waals surface area contributed by atoms with Crippen molar-refractivity contribution in [2.45, 2.75) is 46.2 Å². The van der Waals surface area contributed by atoms with E-state index < -0.39 is 18.0 Å². The zero-order valence-corrected chi connectivity index (χ0v) is 12.8. The largest absolute Gasteiger partial charge is 0.357 e. The lowest BCUT2D eigenvalue weighted by Gasteiger charge is -2.25. The standard InChI is InChI=1S/C11H23N5O2S/c1-6(2)7(13-9(12)18)8(17)15-16-10(19)14-11(3,4)5/h6-7H,1-5H3,(H,15,17)(H3,12,13,18)(H2,14,16,19)/t7-/m0/s1. The van der Waals surface area contributed by atoms with Crippen molar-refractivity contribution in [3.8, 4) is 0 Å². The van der Waals surface area contributed by atoms with Crippen molar-refractivity contribution in [2.24, 2.45) is 11.7 Å². The number of primary amides is 1. The monoisotopic (exact) mass is 289 g/mol. The summed E-state index contributed by atoms with van der Waals surface area (Å²) in [6.07, 6.45) is 0. The molecule has 0 rings (SSSR count). The lowest BCUT2D eigenvalue weighted by atomic mass is 10.0. The molecule has 0 aliphatic heterocycles. The maximum Gasteiger partial charge on any atom is 0.312 e. The summed E-state index contributed by atoms with van der Waals surface area (Å²) in [7, 11) is 0. The highest BCUT2D eigenvalue weighted by molar-refractivity contribution is 7.80. The zero-order valence-electron chi connectivity index (χ0n) is 12.0. The van der Waals surface area contributed by atoms with Crippen LogP contribution in [0, 0.1) is 5.92 Å². The Morgan fingerprint density at radius 3 is 2.05 bits per heavy atom. The minimum absolute atomic E-state index is 0.0987. The Hall–Kier alpha value is -1.57. The fourth-order valence-electron chi connectivity index (χ4n) is 1.26. The van der Waals surface area contributed by atoms with E-state index in [0.29, 0.717) is 5.11 Å². The van der Waals surface area contributed by atoms with Gasteiger partial charge in [0.1, 0.15) is 6.04 Å². The summed E-state index contributed by atoms with van der Waals surface area (Å²) in [5.74, 6) is -0.509. The van der Waals surface area contributed by atoms with Crippen molar-refractivity contribution in [1.82, 2.24) is 21.5 Å². The maximum absolute atomic E-state index is 11.9. The van der Waals surface area contributed by atoms with Gasteiger partial charge in [0.05, 0.1) is 0 Å². The highest BCUT2D eigenvalue weighted by Gasteiger charge is 2.23. The van der Waals surface area contributed by atoms with Crippen molar-refractivity contribution in [2.75, 3.05) is 0 Å². The Labute approximate surface area is 119 Å². The number of rotatable bonds is 3. The molecular weight excluding hydrogens is 266 g/mol. The number of nitrogens with one attached hydrogen (secondary N) is 4. The molecule has 0 bridgehead atoms. The van der Waals surface area contributed by atoms with Crippen LogP contribution in [0.25, 0.3) is 0 Å². The Morgan fingerprint density at radius 1 is 1.16 bits per heavy atom. The van der Waals surface area contributed by atoms with Crippen molar-refractivity contribution >= 4 is 29.3 Å². The number of urea groups is 1. The SMILES string of the molecule is CC(C)[C@H](NC(N)=O)C(=O)NNC(=S)NC(C)(C)C. The third kappa shape index (κ3) is 8.20. The summed E-state index contributed by atoms with van der Waals surface area (Å²) >= 11 is 5.01. The average Bonchev–Trinajstić information content (AvgIpc) is 2.19. The molecule has 0 aliphatic carbocycles. The van der Waals surface area contributed by atoms with Crippen LogP contribution in [0.1, 0.15) is 34.6 Å². The molecule has 0 radical (unpaired) electrons. The predicted octanol–water partition coefficient (Wildman–Crippen LogP) is -0.0269. The minimum Gasteiger partial charge on any atom is -0.357 e. The molecule has 0 aliphatic rings. The van der Waals surface area contributed by atoms with E-state index in [4.69, 9.17) is 18.0 Å². The maximum atomic E-state index is 11.9. The van der Waals surface area contributed by atoms with Gasteiger partial charge in [0.2, 0.25) is 0 Å². The van der Waals surface area contributed by atoms with E-state index in [-0.39, 0.29) is 11.5 Å². The fraction of sp³-hybridized carbons (Fsp3) is 0.727. The Bertz CT molecular complexity index is 351. The van der Waals surface area contributed by atoms with Crippen LogP contribution < -0.4 is 27.2 Å². The third-order valence-electron chi connectivity index (χ3n) is 2.03. The summed E-state index contributed by atoms with van der Waals surface area (Å²) in [6, 6.07) is -1.47. The van der Waals surface area contributed by atoms with E-state index in [9.17, 15) is 9.59 Å². The fourth-order valence-corrected chi connectivity index (χ4v) is 1.61. The number of nitrogens with two attached hydrogens (primary N) is 1. The van der Waals surface area contributed by atoms with E-state index in [0.717, 1.165) is 0 Å². The molecule has 0 saturated carbocycles. The highest BCUT2D eigenvalue weighted by Crippen LogP contribution is 2.01. The van der Waals surface area contributed by atoms with Gasteiger partial charge in [0.25, 0.3) is 5.91 Å². The number of hydrazine groups is 1. The lowest BCUT2D eigenvalue weighted by molar-refractivity contribution is -0.124. The van der Waals surface area contributed by atoms with Gasteiger partial charge in [0.15, 0.2) is 5.11 Å². The molecule has 0 unspecified atom stereocenters. The van der Waals surface area contributed by atoms with E-state index in [2.05, 4.69) is 21.5 Å². The van der Waals surface area contributed by atoms with Crippen molar-refractivity contribution in [1.29, 1.82) is 0 Å². The molecule has 0 saturated heterocycles. The van der Waals surface area contributed by atoms with Gasteiger partial charge in [-0.3, -0.25) is 15.6 Å². The molecule has 8 heteroatoms. The van der Waals surface area contributed by atoms with Gasteiger partial charge in [-0.1, -0.05) is 13.8 Å². The van der Waals surface area contributed by atoms with Crippen LogP contribution in [0.5, 0.6) is 0 Å². The van der Waals surface area contributed by atoms with E-state index in [1.807, 2.05) is 20.8 Å². The van der Waals surface area contributed by atoms with Gasteiger partial charge in [-0.2, -0.15) is 0 Å².